The highest BCUT2D eigenvalue weighted by Crippen LogP contribution is 2.40. The number of rotatable bonds is 9. The lowest BCUT2D eigenvalue weighted by Gasteiger charge is -2.28. The molecule has 170 valence electrons. The maximum atomic E-state index is 13.1. The second-order valence-electron chi connectivity index (χ2n) is 7.58. The minimum atomic E-state index is -0.798. The van der Waals surface area contributed by atoms with E-state index in [4.69, 9.17) is 4.74 Å². The number of likely N-dealkylation sites (tertiary alicyclic amines) is 1. The average Bonchev–Trinajstić information content (AvgIpc) is 3.04. The monoisotopic (exact) mass is 438 g/mol. The molecule has 7 heteroatoms. The molecule has 2 aromatic carbocycles. The van der Waals surface area contributed by atoms with Gasteiger partial charge in [-0.25, -0.2) is 0 Å². The Labute approximate surface area is 188 Å². The number of ketones is 1. The number of hydrogen-bond donors (Lipinski definition) is 2. The van der Waals surface area contributed by atoms with Crippen LogP contribution in [0.1, 0.15) is 37.9 Å². The molecule has 1 atom stereocenters. The van der Waals surface area contributed by atoms with Gasteiger partial charge in [-0.3, -0.25) is 9.59 Å². The van der Waals surface area contributed by atoms with Crippen molar-refractivity contribution in [1.29, 1.82) is 0 Å². The molecule has 0 radical (unpaired) electrons. The lowest BCUT2D eigenvalue weighted by Crippen LogP contribution is -2.38. The van der Waals surface area contributed by atoms with E-state index < -0.39 is 17.7 Å². The van der Waals surface area contributed by atoms with Gasteiger partial charge in [-0.15, -0.1) is 0 Å². The lowest BCUT2D eigenvalue weighted by molar-refractivity contribution is -0.140. The first-order chi connectivity index (χ1) is 15.4. The van der Waals surface area contributed by atoms with Crippen molar-refractivity contribution in [2.75, 3.05) is 32.8 Å². The zero-order valence-electron chi connectivity index (χ0n) is 18.7. The number of phenolic OH excluding ortho intramolecular Hbond substituents is 1. The Morgan fingerprint density at radius 3 is 2.44 bits per heavy atom. The predicted molar refractivity (Wildman–Crippen MR) is 123 cm³/mol. The van der Waals surface area contributed by atoms with Gasteiger partial charge >= 0.3 is 0 Å². The van der Waals surface area contributed by atoms with Crippen LogP contribution in [0.15, 0.2) is 54.1 Å². The summed E-state index contributed by atoms with van der Waals surface area (Å²) in [7, 11) is 0. The van der Waals surface area contributed by atoms with E-state index >= 15 is 0 Å². The van der Waals surface area contributed by atoms with Crippen molar-refractivity contribution >= 4 is 17.4 Å². The van der Waals surface area contributed by atoms with Crippen LogP contribution in [0.5, 0.6) is 11.5 Å². The first-order valence-corrected chi connectivity index (χ1v) is 10.9. The minimum absolute atomic E-state index is 0.00814. The highest BCUT2D eigenvalue weighted by atomic mass is 16.5. The number of benzene rings is 2. The standard InChI is InChI=1S/C25H30N2O5/c1-4-26(5-2)13-14-27-22(17-9-7-11-19(28)15-17)21(24(30)25(27)31)23(29)18-10-8-12-20(16-18)32-6-3/h7-12,15-16,22,28-29H,4-6,13-14H2,1-3H3/b23-21+. The number of ether oxygens (including phenoxy) is 1. The SMILES string of the molecule is CCOc1cccc(/C(O)=C2\C(=O)C(=O)N(CCN(CC)CC)C2c2cccc(O)c2)c1. The normalized spacial score (nSPS) is 17.9. The molecule has 0 saturated carbocycles. The molecule has 2 N–H and O–H groups in total. The molecule has 1 aliphatic rings. The molecule has 1 amide bonds. The summed E-state index contributed by atoms with van der Waals surface area (Å²) in [5, 5.41) is 21.2. The van der Waals surface area contributed by atoms with E-state index in [-0.39, 0.29) is 17.1 Å². The minimum Gasteiger partial charge on any atom is -0.508 e. The van der Waals surface area contributed by atoms with E-state index in [0.717, 1.165) is 13.1 Å². The molecule has 3 rings (SSSR count). The van der Waals surface area contributed by atoms with Gasteiger partial charge in [0.2, 0.25) is 0 Å². The third-order valence-corrected chi connectivity index (χ3v) is 5.70. The Hall–Kier alpha value is -3.32. The van der Waals surface area contributed by atoms with E-state index in [1.807, 2.05) is 20.8 Å². The molecular formula is C25H30N2O5. The first-order valence-electron chi connectivity index (χ1n) is 10.9. The maximum Gasteiger partial charge on any atom is 0.295 e. The fraction of sp³-hybridized carbons (Fsp3) is 0.360. The molecule has 2 aromatic rings. The van der Waals surface area contributed by atoms with Crippen LogP contribution in [0.3, 0.4) is 0 Å². The number of hydrogen-bond acceptors (Lipinski definition) is 6. The molecule has 0 spiro atoms. The summed E-state index contributed by atoms with van der Waals surface area (Å²) in [5.41, 5.74) is 0.961. The van der Waals surface area contributed by atoms with Crippen molar-refractivity contribution < 1.29 is 24.5 Å². The summed E-state index contributed by atoms with van der Waals surface area (Å²) < 4.78 is 5.51. The highest BCUT2D eigenvalue weighted by Gasteiger charge is 2.46. The van der Waals surface area contributed by atoms with Crippen LogP contribution >= 0.6 is 0 Å². The summed E-state index contributed by atoms with van der Waals surface area (Å²) in [6, 6.07) is 12.4. The molecule has 1 heterocycles. The highest BCUT2D eigenvalue weighted by molar-refractivity contribution is 6.46. The number of aliphatic hydroxyl groups is 1. The summed E-state index contributed by atoms with van der Waals surface area (Å²) in [6.07, 6.45) is 0. The Morgan fingerprint density at radius 2 is 1.78 bits per heavy atom. The quantitative estimate of drug-likeness (QED) is 0.354. The van der Waals surface area contributed by atoms with E-state index in [9.17, 15) is 19.8 Å². The van der Waals surface area contributed by atoms with Crippen LogP contribution < -0.4 is 4.74 Å². The average molecular weight is 439 g/mol. The number of amides is 1. The summed E-state index contributed by atoms with van der Waals surface area (Å²) in [6.45, 7) is 8.95. The molecule has 1 aliphatic heterocycles. The van der Waals surface area contributed by atoms with Gasteiger partial charge in [-0.2, -0.15) is 0 Å². The zero-order chi connectivity index (χ0) is 23.3. The number of Topliss-reactive ketones (excluding diaryl/α,β-unsaturated/α-hetero) is 1. The van der Waals surface area contributed by atoms with Gasteiger partial charge in [-0.1, -0.05) is 38.1 Å². The molecule has 0 bridgehead atoms. The van der Waals surface area contributed by atoms with Crippen molar-refractivity contribution in [2.45, 2.75) is 26.8 Å². The lowest BCUT2D eigenvalue weighted by atomic mass is 9.95. The molecule has 0 aromatic heterocycles. The molecule has 1 unspecified atom stereocenters. The molecule has 0 aliphatic carbocycles. The second-order valence-corrected chi connectivity index (χ2v) is 7.58. The smallest absolute Gasteiger partial charge is 0.295 e. The van der Waals surface area contributed by atoms with Gasteiger partial charge in [0.15, 0.2) is 0 Å². The van der Waals surface area contributed by atoms with Crippen LogP contribution in [0.4, 0.5) is 0 Å². The van der Waals surface area contributed by atoms with Crippen LogP contribution in [0, 0.1) is 0 Å². The fourth-order valence-corrected chi connectivity index (χ4v) is 4.00. The van der Waals surface area contributed by atoms with Crippen molar-refractivity contribution in [3.8, 4) is 11.5 Å². The van der Waals surface area contributed by atoms with Crippen molar-refractivity contribution in [3.63, 3.8) is 0 Å². The van der Waals surface area contributed by atoms with Crippen LogP contribution in [0.2, 0.25) is 0 Å². The molecule has 7 nitrogen and oxygen atoms in total. The predicted octanol–water partition coefficient (Wildman–Crippen LogP) is 3.55. The number of phenols is 1. The van der Waals surface area contributed by atoms with Gasteiger partial charge in [0.25, 0.3) is 11.7 Å². The summed E-state index contributed by atoms with van der Waals surface area (Å²) in [5.74, 6) is -1.08. The molecule has 1 saturated heterocycles. The number of nitrogens with zero attached hydrogens (tertiary/aromatic N) is 2. The van der Waals surface area contributed by atoms with E-state index in [0.29, 0.717) is 36.6 Å². The van der Waals surface area contributed by atoms with E-state index in [1.165, 1.54) is 17.0 Å². The van der Waals surface area contributed by atoms with Crippen molar-refractivity contribution in [3.05, 3.63) is 65.2 Å². The second kappa shape index (κ2) is 10.3. The first kappa shape index (κ1) is 23.3. The number of carbonyl (C=O) groups excluding carboxylic acids is 2. The molecular weight excluding hydrogens is 408 g/mol. The van der Waals surface area contributed by atoms with Crippen LogP contribution in [-0.4, -0.2) is 64.5 Å². The zero-order valence-corrected chi connectivity index (χ0v) is 18.7. The Balaban J connectivity index is 2.10. The maximum absolute atomic E-state index is 13.1. The Morgan fingerprint density at radius 1 is 1.06 bits per heavy atom. The Kier molecular flexibility index (Phi) is 7.53. The molecule has 1 fully saturated rings. The fourth-order valence-electron chi connectivity index (χ4n) is 4.00. The summed E-state index contributed by atoms with van der Waals surface area (Å²) >= 11 is 0. The molecule has 32 heavy (non-hydrogen) atoms. The number of aliphatic hydroxyl groups excluding tert-OH is 1. The van der Waals surface area contributed by atoms with Gasteiger partial charge < -0.3 is 24.7 Å². The third kappa shape index (κ3) is 4.78. The van der Waals surface area contributed by atoms with Crippen molar-refractivity contribution in [2.24, 2.45) is 0 Å². The van der Waals surface area contributed by atoms with E-state index in [2.05, 4.69) is 4.90 Å². The van der Waals surface area contributed by atoms with Crippen LogP contribution in [0.25, 0.3) is 5.76 Å². The van der Waals surface area contributed by atoms with E-state index in [1.54, 1.807) is 36.4 Å². The largest absolute Gasteiger partial charge is 0.508 e. The van der Waals surface area contributed by atoms with Gasteiger partial charge in [0, 0.05) is 18.7 Å². The van der Waals surface area contributed by atoms with Crippen molar-refractivity contribution in [1.82, 2.24) is 9.80 Å². The Bertz CT molecular complexity index is 1010. The number of aromatic hydroxyl groups is 1. The van der Waals surface area contributed by atoms with Gasteiger partial charge in [0.05, 0.1) is 18.2 Å². The van der Waals surface area contributed by atoms with Gasteiger partial charge in [-0.05, 0) is 49.8 Å². The van der Waals surface area contributed by atoms with Gasteiger partial charge in [0.1, 0.15) is 17.3 Å². The number of likely N-dealkylation sites (N-methyl/N-ethyl adjacent to an activating group) is 1. The number of carbonyl (C=O) groups is 2. The third-order valence-electron chi connectivity index (χ3n) is 5.70. The van der Waals surface area contributed by atoms with Crippen LogP contribution in [-0.2, 0) is 9.59 Å². The summed E-state index contributed by atoms with van der Waals surface area (Å²) in [4.78, 5) is 29.7. The topological polar surface area (TPSA) is 90.3 Å².